The number of nitrogens with one attached hydrogen (secondary N) is 1. The van der Waals surface area contributed by atoms with Gasteiger partial charge in [-0.15, -0.1) is 11.3 Å². The third-order valence-corrected chi connectivity index (χ3v) is 3.38. The van der Waals surface area contributed by atoms with Gasteiger partial charge in [-0.2, -0.15) is 0 Å². The first-order chi connectivity index (χ1) is 8.16. The third kappa shape index (κ3) is 2.82. The standard InChI is InChI=1S/C12H13N3OS/c1-8(10-5-3-7-17-10)14-12(16)9-4-2-6-11(13)15-9/h2-8H,1H3,(H2,13,15)(H,14,16). The molecule has 1 atom stereocenters. The van der Waals surface area contributed by atoms with E-state index in [-0.39, 0.29) is 11.9 Å². The number of nitrogens with two attached hydrogens (primary N) is 1. The van der Waals surface area contributed by atoms with E-state index in [1.54, 1.807) is 29.5 Å². The molecule has 0 radical (unpaired) electrons. The van der Waals surface area contributed by atoms with Crippen molar-refractivity contribution in [2.75, 3.05) is 5.73 Å². The van der Waals surface area contributed by atoms with Gasteiger partial charge >= 0.3 is 0 Å². The molecule has 0 fully saturated rings. The normalized spacial score (nSPS) is 12.1. The van der Waals surface area contributed by atoms with Crippen LogP contribution in [-0.4, -0.2) is 10.9 Å². The highest BCUT2D eigenvalue weighted by Gasteiger charge is 2.12. The van der Waals surface area contributed by atoms with Crippen molar-refractivity contribution in [2.45, 2.75) is 13.0 Å². The maximum absolute atomic E-state index is 11.9. The van der Waals surface area contributed by atoms with Crippen LogP contribution in [0.1, 0.15) is 28.3 Å². The van der Waals surface area contributed by atoms with Crippen molar-refractivity contribution in [2.24, 2.45) is 0 Å². The molecule has 88 valence electrons. The maximum Gasteiger partial charge on any atom is 0.270 e. The number of carbonyl (C=O) groups is 1. The van der Waals surface area contributed by atoms with Gasteiger partial charge in [0.25, 0.3) is 5.91 Å². The van der Waals surface area contributed by atoms with Crippen molar-refractivity contribution in [3.63, 3.8) is 0 Å². The molecule has 0 bridgehead atoms. The number of rotatable bonds is 3. The second-order valence-corrected chi connectivity index (χ2v) is 4.64. The summed E-state index contributed by atoms with van der Waals surface area (Å²) in [5, 5.41) is 4.86. The van der Waals surface area contributed by atoms with Crippen LogP contribution in [0.3, 0.4) is 0 Å². The number of anilines is 1. The van der Waals surface area contributed by atoms with E-state index in [0.29, 0.717) is 11.5 Å². The molecule has 1 amide bonds. The summed E-state index contributed by atoms with van der Waals surface area (Å²) in [6.45, 7) is 1.94. The van der Waals surface area contributed by atoms with Gasteiger partial charge in [-0.05, 0) is 30.5 Å². The first kappa shape index (κ1) is 11.6. The molecular formula is C12H13N3OS. The molecule has 0 spiro atoms. The number of amides is 1. The molecule has 0 aliphatic rings. The molecular weight excluding hydrogens is 234 g/mol. The van der Waals surface area contributed by atoms with E-state index in [0.717, 1.165) is 4.88 Å². The van der Waals surface area contributed by atoms with Crippen LogP contribution in [0.15, 0.2) is 35.7 Å². The number of aromatic nitrogens is 1. The molecule has 0 aliphatic carbocycles. The Morgan fingerprint density at radius 2 is 2.24 bits per heavy atom. The van der Waals surface area contributed by atoms with Crippen LogP contribution in [0.4, 0.5) is 5.82 Å². The smallest absolute Gasteiger partial charge is 0.270 e. The fourth-order valence-corrected chi connectivity index (χ4v) is 2.19. The van der Waals surface area contributed by atoms with E-state index >= 15 is 0 Å². The fourth-order valence-electron chi connectivity index (χ4n) is 1.46. The molecule has 2 rings (SSSR count). The molecule has 4 nitrogen and oxygen atoms in total. The Morgan fingerprint density at radius 1 is 1.41 bits per heavy atom. The second kappa shape index (κ2) is 4.97. The van der Waals surface area contributed by atoms with Gasteiger partial charge in [0.15, 0.2) is 0 Å². The zero-order valence-corrected chi connectivity index (χ0v) is 10.2. The Balaban J connectivity index is 2.07. The van der Waals surface area contributed by atoms with Crippen molar-refractivity contribution in [1.82, 2.24) is 10.3 Å². The van der Waals surface area contributed by atoms with Crippen LogP contribution in [0.25, 0.3) is 0 Å². The summed E-state index contributed by atoms with van der Waals surface area (Å²) < 4.78 is 0. The third-order valence-electron chi connectivity index (χ3n) is 2.32. The predicted octanol–water partition coefficient (Wildman–Crippen LogP) is 2.22. The number of carbonyl (C=O) groups excluding carboxylic acids is 1. The van der Waals surface area contributed by atoms with Crippen LogP contribution >= 0.6 is 11.3 Å². The van der Waals surface area contributed by atoms with Crippen LogP contribution < -0.4 is 11.1 Å². The first-order valence-corrected chi connectivity index (χ1v) is 6.11. The summed E-state index contributed by atoms with van der Waals surface area (Å²) in [5.41, 5.74) is 5.87. The molecule has 5 heteroatoms. The van der Waals surface area contributed by atoms with Crippen molar-refractivity contribution in [3.8, 4) is 0 Å². The average molecular weight is 247 g/mol. The Morgan fingerprint density at radius 3 is 2.88 bits per heavy atom. The summed E-state index contributed by atoms with van der Waals surface area (Å²) in [4.78, 5) is 17.0. The Hall–Kier alpha value is -1.88. The molecule has 3 N–H and O–H groups in total. The lowest BCUT2D eigenvalue weighted by Crippen LogP contribution is -2.27. The minimum absolute atomic E-state index is 0.0225. The first-order valence-electron chi connectivity index (χ1n) is 5.23. The molecule has 2 aromatic heterocycles. The van der Waals surface area contributed by atoms with Crippen molar-refractivity contribution >= 4 is 23.1 Å². The minimum Gasteiger partial charge on any atom is -0.384 e. The van der Waals surface area contributed by atoms with Crippen molar-refractivity contribution < 1.29 is 4.79 Å². The number of hydrogen-bond acceptors (Lipinski definition) is 4. The van der Waals surface area contributed by atoms with Gasteiger partial charge in [0, 0.05) is 4.88 Å². The van der Waals surface area contributed by atoms with E-state index in [9.17, 15) is 4.79 Å². The summed E-state index contributed by atoms with van der Waals surface area (Å²) in [5.74, 6) is 0.139. The largest absolute Gasteiger partial charge is 0.384 e. The summed E-state index contributed by atoms with van der Waals surface area (Å²) in [6, 6.07) is 8.94. The Bertz CT molecular complexity index is 510. The zero-order valence-electron chi connectivity index (χ0n) is 9.38. The molecule has 0 saturated carbocycles. The van der Waals surface area contributed by atoms with Crippen LogP contribution in [0.2, 0.25) is 0 Å². The highest BCUT2D eigenvalue weighted by atomic mass is 32.1. The second-order valence-electron chi connectivity index (χ2n) is 3.66. The average Bonchev–Trinajstić information content (AvgIpc) is 2.82. The van der Waals surface area contributed by atoms with E-state index < -0.39 is 0 Å². The maximum atomic E-state index is 11.9. The van der Waals surface area contributed by atoms with Crippen LogP contribution in [0.5, 0.6) is 0 Å². The number of nitrogen functional groups attached to an aromatic ring is 1. The number of thiophene rings is 1. The number of pyridine rings is 1. The Labute approximate surface area is 103 Å². The summed E-state index contributed by atoms with van der Waals surface area (Å²) in [6.07, 6.45) is 0. The lowest BCUT2D eigenvalue weighted by molar-refractivity contribution is 0.0935. The SMILES string of the molecule is CC(NC(=O)c1cccc(N)n1)c1cccs1. The lowest BCUT2D eigenvalue weighted by atomic mass is 10.2. The summed E-state index contributed by atoms with van der Waals surface area (Å²) >= 11 is 1.61. The van der Waals surface area contributed by atoms with Gasteiger partial charge in [-0.25, -0.2) is 4.98 Å². The fraction of sp³-hybridized carbons (Fsp3) is 0.167. The molecule has 17 heavy (non-hydrogen) atoms. The van der Waals surface area contributed by atoms with Gasteiger partial charge in [0.05, 0.1) is 6.04 Å². The van der Waals surface area contributed by atoms with E-state index in [2.05, 4.69) is 10.3 Å². The van der Waals surface area contributed by atoms with Gasteiger partial charge < -0.3 is 11.1 Å². The monoisotopic (exact) mass is 247 g/mol. The van der Waals surface area contributed by atoms with Crippen LogP contribution in [0, 0.1) is 0 Å². The Kier molecular flexibility index (Phi) is 3.39. The van der Waals surface area contributed by atoms with Gasteiger partial charge in [0.1, 0.15) is 11.5 Å². The molecule has 0 saturated heterocycles. The number of hydrogen-bond donors (Lipinski definition) is 2. The minimum atomic E-state index is -0.210. The molecule has 2 aromatic rings. The quantitative estimate of drug-likeness (QED) is 0.873. The lowest BCUT2D eigenvalue weighted by Gasteiger charge is -2.11. The topological polar surface area (TPSA) is 68.0 Å². The highest BCUT2D eigenvalue weighted by Crippen LogP contribution is 2.18. The molecule has 0 aliphatic heterocycles. The van der Waals surface area contributed by atoms with Crippen molar-refractivity contribution in [1.29, 1.82) is 0 Å². The summed E-state index contributed by atoms with van der Waals surface area (Å²) in [7, 11) is 0. The number of nitrogens with zero attached hydrogens (tertiary/aromatic N) is 1. The molecule has 0 aromatic carbocycles. The van der Waals surface area contributed by atoms with Crippen LogP contribution in [-0.2, 0) is 0 Å². The van der Waals surface area contributed by atoms with E-state index in [4.69, 9.17) is 5.73 Å². The van der Waals surface area contributed by atoms with Gasteiger partial charge in [-0.1, -0.05) is 12.1 Å². The van der Waals surface area contributed by atoms with Gasteiger partial charge in [-0.3, -0.25) is 4.79 Å². The predicted molar refractivity (Wildman–Crippen MR) is 68.8 cm³/mol. The van der Waals surface area contributed by atoms with E-state index in [1.807, 2.05) is 24.4 Å². The molecule has 2 heterocycles. The highest BCUT2D eigenvalue weighted by molar-refractivity contribution is 7.10. The zero-order chi connectivity index (χ0) is 12.3. The molecule has 1 unspecified atom stereocenters. The van der Waals surface area contributed by atoms with E-state index in [1.165, 1.54) is 0 Å². The van der Waals surface area contributed by atoms with Crippen molar-refractivity contribution in [3.05, 3.63) is 46.3 Å². The van der Waals surface area contributed by atoms with Gasteiger partial charge in [0.2, 0.25) is 0 Å².